The molecule has 5 nitrogen and oxygen atoms in total. The molecule has 3 amide bonds. The number of hydrogen-bond acceptors (Lipinski definition) is 3. The topological polar surface area (TPSA) is 62.3 Å². The summed E-state index contributed by atoms with van der Waals surface area (Å²) in [6.45, 7) is 0.419. The van der Waals surface area contributed by atoms with Crippen LogP contribution in [0.5, 0.6) is 0 Å². The molecule has 0 fully saturated rings. The molecule has 0 radical (unpaired) electrons. The van der Waals surface area contributed by atoms with E-state index < -0.39 is 6.03 Å². The first-order chi connectivity index (χ1) is 8.13. The van der Waals surface area contributed by atoms with Crippen molar-refractivity contribution in [1.82, 2.24) is 15.2 Å². The van der Waals surface area contributed by atoms with Crippen molar-refractivity contribution >= 4 is 23.5 Å². The molecule has 0 saturated heterocycles. The molecule has 0 bridgehead atoms. The Bertz CT molecular complexity index is 384. The van der Waals surface area contributed by atoms with Gasteiger partial charge < -0.3 is 4.90 Å². The smallest absolute Gasteiger partial charge is 0.323 e. The van der Waals surface area contributed by atoms with E-state index in [1.165, 1.54) is 4.90 Å². The zero-order valence-electron chi connectivity index (χ0n) is 9.52. The van der Waals surface area contributed by atoms with E-state index in [9.17, 15) is 9.59 Å². The second-order valence-electron chi connectivity index (χ2n) is 3.50. The third-order valence-corrected chi connectivity index (χ3v) is 2.27. The van der Waals surface area contributed by atoms with Crippen molar-refractivity contribution in [2.24, 2.45) is 0 Å². The van der Waals surface area contributed by atoms with E-state index in [2.05, 4.69) is 10.3 Å². The standard InChI is InChI=1S/C11H14ClN3O2/c1-15(8-9-3-6-13-7-4-9)11(17)14-10(16)2-5-12/h3-4,6-7H,2,5,8H2,1H3,(H,14,16,17). The number of alkyl halides is 1. The summed E-state index contributed by atoms with van der Waals surface area (Å²) >= 11 is 5.40. The van der Waals surface area contributed by atoms with Gasteiger partial charge in [-0.05, 0) is 17.7 Å². The first-order valence-corrected chi connectivity index (χ1v) is 5.66. The normalized spacial score (nSPS) is 9.76. The van der Waals surface area contributed by atoms with Gasteiger partial charge >= 0.3 is 6.03 Å². The molecule has 1 N–H and O–H groups in total. The van der Waals surface area contributed by atoms with E-state index in [0.717, 1.165) is 5.56 Å². The summed E-state index contributed by atoms with van der Waals surface area (Å²) in [6.07, 6.45) is 3.44. The van der Waals surface area contributed by atoms with Crippen LogP contribution in [-0.4, -0.2) is 34.7 Å². The molecular formula is C11H14ClN3O2. The predicted octanol–water partition coefficient (Wildman–Crippen LogP) is 1.38. The van der Waals surface area contributed by atoms with Crippen LogP contribution in [0.1, 0.15) is 12.0 Å². The lowest BCUT2D eigenvalue weighted by Gasteiger charge is -2.17. The van der Waals surface area contributed by atoms with E-state index in [0.29, 0.717) is 6.54 Å². The highest BCUT2D eigenvalue weighted by molar-refractivity contribution is 6.19. The van der Waals surface area contributed by atoms with Crippen LogP contribution >= 0.6 is 11.6 Å². The van der Waals surface area contributed by atoms with Crippen molar-refractivity contribution < 1.29 is 9.59 Å². The first-order valence-electron chi connectivity index (χ1n) is 5.13. The van der Waals surface area contributed by atoms with Crippen LogP contribution in [0.4, 0.5) is 4.79 Å². The number of hydrogen-bond donors (Lipinski definition) is 1. The highest BCUT2D eigenvalue weighted by Gasteiger charge is 2.12. The van der Waals surface area contributed by atoms with Crippen LogP contribution in [0.3, 0.4) is 0 Å². The molecule has 1 aromatic rings. The van der Waals surface area contributed by atoms with Gasteiger partial charge in [-0.25, -0.2) is 4.79 Å². The van der Waals surface area contributed by atoms with Crippen molar-refractivity contribution in [3.63, 3.8) is 0 Å². The number of aromatic nitrogens is 1. The second kappa shape index (κ2) is 6.85. The second-order valence-corrected chi connectivity index (χ2v) is 3.88. The van der Waals surface area contributed by atoms with Crippen molar-refractivity contribution in [1.29, 1.82) is 0 Å². The van der Waals surface area contributed by atoms with Crippen LogP contribution in [0.2, 0.25) is 0 Å². The number of carbonyl (C=O) groups is 2. The summed E-state index contributed by atoms with van der Waals surface area (Å²) in [5.74, 6) is -0.167. The van der Waals surface area contributed by atoms with Gasteiger partial charge in [-0.15, -0.1) is 11.6 Å². The van der Waals surface area contributed by atoms with Crippen LogP contribution in [0, 0.1) is 0 Å². The number of amides is 3. The van der Waals surface area contributed by atoms with Crippen LogP contribution in [0.15, 0.2) is 24.5 Å². The lowest BCUT2D eigenvalue weighted by atomic mass is 10.2. The molecular weight excluding hydrogens is 242 g/mol. The lowest BCUT2D eigenvalue weighted by Crippen LogP contribution is -2.40. The molecule has 0 aliphatic carbocycles. The lowest BCUT2D eigenvalue weighted by molar-refractivity contribution is -0.119. The van der Waals surface area contributed by atoms with Crippen molar-refractivity contribution in [2.75, 3.05) is 12.9 Å². The summed E-state index contributed by atoms with van der Waals surface area (Å²) < 4.78 is 0. The fourth-order valence-corrected chi connectivity index (χ4v) is 1.37. The maximum atomic E-state index is 11.6. The van der Waals surface area contributed by atoms with Crippen LogP contribution in [-0.2, 0) is 11.3 Å². The van der Waals surface area contributed by atoms with Crippen LogP contribution in [0.25, 0.3) is 0 Å². The molecule has 0 spiro atoms. The fraction of sp³-hybridized carbons (Fsp3) is 0.364. The molecule has 17 heavy (non-hydrogen) atoms. The number of imide groups is 1. The van der Waals surface area contributed by atoms with E-state index in [4.69, 9.17) is 11.6 Å². The molecule has 0 unspecified atom stereocenters. The molecule has 0 atom stereocenters. The number of nitrogens with one attached hydrogen (secondary N) is 1. The summed E-state index contributed by atoms with van der Waals surface area (Å²) in [6, 6.07) is 3.19. The Kier molecular flexibility index (Phi) is 5.42. The van der Waals surface area contributed by atoms with Gasteiger partial charge in [0.05, 0.1) is 0 Å². The Hall–Kier alpha value is -1.62. The number of rotatable bonds is 4. The molecule has 92 valence electrons. The summed E-state index contributed by atoms with van der Waals surface area (Å²) in [5.41, 5.74) is 0.947. The highest BCUT2D eigenvalue weighted by Crippen LogP contribution is 2.01. The third-order valence-electron chi connectivity index (χ3n) is 2.08. The number of urea groups is 1. The van der Waals surface area contributed by atoms with E-state index >= 15 is 0 Å². The number of carbonyl (C=O) groups excluding carboxylic acids is 2. The SMILES string of the molecule is CN(Cc1ccncc1)C(=O)NC(=O)CCCl. The minimum absolute atomic E-state index is 0.135. The predicted molar refractivity (Wildman–Crippen MR) is 64.6 cm³/mol. The van der Waals surface area contributed by atoms with E-state index in [-0.39, 0.29) is 18.2 Å². The van der Waals surface area contributed by atoms with E-state index in [1.54, 1.807) is 19.4 Å². The van der Waals surface area contributed by atoms with Gasteiger partial charge in [-0.3, -0.25) is 15.1 Å². The van der Waals surface area contributed by atoms with Crippen molar-refractivity contribution in [2.45, 2.75) is 13.0 Å². The van der Waals surface area contributed by atoms with Gasteiger partial charge in [0.1, 0.15) is 0 Å². The van der Waals surface area contributed by atoms with Gasteiger partial charge in [0.15, 0.2) is 0 Å². The highest BCUT2D eigenvalue weighted by atomic mass is 35.5. The Labute approximate surface area is 105 Å². The molecule has 0 aliphatic rings. The zero-order valence-corrected chi connectivity index (χ0v) is 10.3. The average molecular weight is 256 g/mol. The van der Waals surface area contributed by atoms with Gasteiger partial charge in [0.2, 0.25) is 5.91 Å². The maximum Gasteiger partial charge on any atom is 0.324 e. The van der Waals surface area contributed by atoms with Crippen LogP contribution < -0.4 is 5.32 Å². The van der Waals surface area contributed by atoms with E-state index in [1.807, 2.05) is 12.1 Å². The molecule has 0 saturated carbocycles. The van der Waals surface area contributed by atoms with Crippen molar-refractivity contribution in [3.8, 4) is 0 Å². The minimum Gasteiger partial charge on any atom is -0.323 e. The number of pyridine rings is 1. The molecule has 0 aromatic carbocycles. The quantitative estimate of drug-likeness (QED) is 0.827. The minimum atomic E-state index is -0.433. The Morgan fingerprint density at radius 1 is 1.41 bits per heavy atom. The fourth-order valence-electron chi connectivity index (χ4n) is 1.20. The van der Waals surface area contributed by atoms with Crippen molar-refractivity contribution in [3.05, 3.63) is 30.1 Å². The Morgan fingerprint density at radius 2 is 2.06 bits per heavy atom. The summed E-state index contributed by atoms with van der Waals surface area (Å²) in [7, 11) is 1.61. The first kappa shape index (κ1) is 13.4. The summed E-state index contributed by atoms with van der Waals surface area (Å²) in [4.78, 5) is 28.0. The number of nitrogens with zero attached hydrogens (tertiary/aromatic N) is 2. The molecule has 1 heterocycles. The Balaban J connectivity index is 2.45. The third kappa shape index (κ3) is 4.82. The summed E-state index contributed by atoms with van der Waals surface area (Å²) in [5, 5.41) is 2.25. The monoisotopic (exact) mass is 255 g/mol. The molecule has 0 aliphatic heterocycles. The van der Waals surface area contributed by atoms with Gasteiger partial charge in [-0.1, -0.05) is 0 Å². The molecule has 6 heteroatoms. The van der Waals surface area contributed by atoms with Gasteiger partial charge in [0.25, 0.3) is 0 Å². The molecule has 1 aromatic heterocycles. The molecule has 1 rings (SSSR count). The average Bonchev–Trinajstić information content (AvgIpc) is 2.30. The number of halogens is 1. The largest absolute Gasteiger partial charge is 0.324 e. The zero-order chi connectivity index (χ0) is 12.7. The maximum absolute atomic E-state index is 11.6. The van der Waals surface area contributed by atoms with Gasteiger partial charge in [-0.2, -0.15) is 0 Å². The van der Waals surface area contributed by atoms with Gasteiger partial charge in [0, 0.05) is 38.3 Å². The Morgan fingerprint density at radius 3 is 2.65 bits per heavy atom.